The molecule has 0 fully saturated rings. The normalized spacial score (nSPS) is 11.3. The highest BCUT2D eigenvalue weighted by atomic mass is 16.3. The van der Waals surface area contributed by atoms with Crippen LogP contribution >= 0.6 is 0 Å². The van der Waals surface area contributed by atoms with E-state index in [0.717, 1.165) is 33.6 Å². The fraction of sp³-hybridized carbons (Fsp3) is 0.115. The van der Waals surface area contributed by atoms with Gasteiger partial charge in [-0.1, -0.05) is 24.3 Å². The summed E-state index contributed by atoms with van der Waals surface area (Å²) in [6.07, 6.45) is 3.63. The zero-order valence-electron chi connectivity index (χ0n) is 17.4. The molecule has 32 heavy (non-hydrogen) atoms. The molecule has 0 bridgehead atoms. The summed E-state index contributed by atoms with van der Waals surface area (Å²) in [7, 11) is 0. The Balaban J connectivity index is 1.46. The van der Waals surface area contributed by atoms with E-state index in [1.807, 2.05) is 60.9 Å². The van der Waals surface area contributed by atoms with Crippen LogP contribution in [-0.2, 0) is 19.6 Å². The van der Waals surface area contributed by atoms with Gasteiger partial charge in [-0.3, -0.25) is 14.9 Å². The number of rotatable bonds is 7. The second-order valence-electron chi connectivity index (χ2n) is 7.62. The SMILES string of the molecule is Oc1ccc(-c2nc3c(CN(Cc4ccccn4)Cc4ccccn4)cccc3o2)cc1. The van der Waals surface area contributed by atoms with E-state index in [4.69, 9.17) is 9.40 Å². The molecule has 0 aliphatic rings. The predicted octanol–water partition coefficient (Wildman–Crippen LogP) is 5.19. The van der Waals surface area contributed by atoms with Gasteiger partial charge < -0.3 is 9.52 Å². The molecule has 5 aromatic rings. The molecule has 0 amide bonds. The maximum absolute atomic E-state index is 9.56. The van der Waals surface area contributed by atoms with E-state index in [2.05, 4.69) is 20.9 Å². The molecule has 3 heterocycles. The van der Waals surface area contributed by atoms with E-state index < -0.39 is 0 Å². The summed E-state index contributed by atoms with van der Waals surface area (Å²) in [6, 6.07) is 24.8. The summed E-state index contributed by atoms with van der Waals surface area (Å²) in [4.78, 5) is 16.1. The number of nitrogens with zero attached hydrogens (tertiary/aromatic N) is 4. The number of pyridine rings is 2. The second kappa shape index (κ2) is 8.99. The van der Waals surface area contributed by atoms with Crippen LogP contribution < -0.4 is 0 Å². The van der Waals surface area contributed by atoms with E-state index in [9.17, 15) is 5.11 Å². The fourth-order valence-corrected chi connectivity index (χ4v) is 3.71. The van der Waals surface area contributed by atoms with Gasteiger partial charge in [-0.05, 0) is 60.2 Å². The molecular weight excluding hydrogens is 400 g/mol. The Labute approximate surface area is 185 Å². The quantitative estimate of drug-likeness (QED) is 0.389. The highest BCUT2D eigenvalue weighted by Crippen LogP contribution is 2.28. The fourth-order valence-electron chi connectivity index (χ4n) is 3.71. The van der Waals surface area contributed by atoms with Gasteiger partial charge in [-0.2, -0.15) is 0 Å². The van der Waals surface area contributed by atoms with Gasteiger partial charge in [0, 0.05) is 37.6 Å². The van der Waals surface area contributed by atoms with E-state index in [1.54, 1.807) is 24.3 Å². The first kappa shape index (κ1) is 19.9. The third-order valence-electron chi connectivity index (χ3n) is 5.23. The van der Waals surface area contributed by atoms with Crippen molar-refractivity contribution in [1.82, 2.24) is 19.9 Å². The monoisotopic (exact) mass is 422 g/mol. The highest BCUT2D eigenvalue weighted by Gasteiger charge is 2.15. The summed E-state index contributed by atoms with van der Waals surface area (Å²) in [6.45, 7) is 2.05. The van der Waals surface area contributed by atoms with Crippen LogP contribution in [0.15, 0.2) is 95.7 Å². The first-order chi connectivity index (χ1) is 15.7. The Bertz CT molecular complexity index is 1260. The van der Waals surface area contributed by atoms with E-state index in [0.29, 0.717) is 25.5 Å². The van der Waals surface area contributed by atoms with E-state index >= 15 is 0 Å². The minimum atomic E-state index is 0.213. The zero-order chi connectivity index (χ0) is 21.8. The zero-order valence-corrected chi connectivity index (χ0v) is 17.4. The molecule has 0 unspecified atom stereocenters. The van der Waals surface area contributed by atoms with Gasteiger partial charge in [0.05, 0.1) is 11.4 Å². The van der Waals surface area contributed by atoms with Crippen molar-refractivity contribution in [1.29, 1.82) is 0 Å². The van der Waals surface area contributed by atoms with Crippen molar-refractivity contribution in [2.45, 2.75) is 19.6 Å². The van der Waals surface area contributed by atoms with Crippen LogP contribution in [0.1, 0.15) is 17.0 Å². The Hall–Kier alpha value is -4.03. The minimum absolute atomic E-state index is 0.213. The van der Waals surface area contributed by atoms with Crippen LogP contribution in [0.2, 0.25) is 0 Å². The van der Waals surface area contributed by atoms with Gasteiger partial charge >= 0.3 is 0 Å². The number of phenolic OH excluding ortho intramolecular Hbond substituents is 1. The van der Waals surface area contributed by atoms with Crippen LogP contribution in [0, 0.1) is 0 Å². The van der Waals surface area contributed by atoms with E-state index in [1.165, 1.54) is 0 Å². The Morgan fingerprint density at radius 1 is 0.719 bits per heavy atom. The number of oxazole rings is 1. The van der Waals surface area contributed by atoms with Gasteiger partial charge in [0.1, 0.15) is 11.3 Å². The summed E-state index contributed by atoms with van der Waals surface area (Å²) >= 11 is 0. The molecular formula is C26H22N4O2. The number of benzene rings is 2. The van der Waals surface area contributed by atoms with Crippen LogP contribution in [0.5, 0.6) is 5.75 Å². The third-order valence-corrected chi connectivity index (χ3v) is 5.23. The molecule has 0 aliphatic heterocycles. The molecule has 158 valence electrons. The summed E-state index contributed by atoms with van der Waals surface area (Å²) in [5.41, 5.74) is 5.47. The molecule has 0 saturated carbocycles. The summed E-state index contributed by atoms with van der Waals surface area (Å²) in [5, 5.41) is 9.56. The van der Waals surface area contributed by atoms with Crippen molar-refractivity contribution in [2.24, 2.45) is 0 Å². The van der Waals surface area contributed by atoms with Crippen LogP contribution in [-0.4, -0.2) is 25.0 Å². The maximum Gasteiger partial charge on any atom is 0.227 e. The van der Waals surface area contributed by atoms with Crippen LogP contribution in [0.25, 0.3) is 22.6 Å². The molecule has 2 aromatic carbocycles. The number of hydrogen-bond donors (Lipinski definition) is 1. The van der Waals surface area contributed by atoms with Crippen molar-refractivity contribution < 1.29 is 9.52 Å². The van der Waals surface area contributed by atoms with Gasteiger partial charge in [0.2, 0.25) is 5.89 Å². The maximum atomic E-state index is 9.56. The molecule has 0 atom stereocenters. The standard InChI is InChI=1S/C26H22N4O2/c31-23-12-10-19(11-13-23)26-29-25-20(6-5-9-24(25)32-26)16-30(17-21-7-1-3-14-27-21)18-22-8-2-4-15-28-22/h1-15,31H,16-18H2. The molecule has 0 spiro atoms. The molecule has 5 rings (SSSR count). The number of para-hydroxylation sites is 1. The molecule has 6 heteroatoms. The Morgan fingerprint density at radius 2 is 1.41 bits per heavy atom. The van der Waals surface area contributed by atoms with Crippen molar-refractivity contribution in [2.75, 3.05) is 0 Å². The summed E-state index contributed by atoms with van der Waals surface area (Å²) in [5.74, 6) is 0.749. The molecule has 3 aromatic heterocycles. The van der Waals surface area contributed by atoms with Gasteiger partial charge in [-0.25, -0.2) is 4.98 Å². The molecule has 0 saturated heterocycles. The molecule has 6 nitrogen and oxygen atoms in total. The van der Waals surface area contributed by atoms with E-state index in [-0.39, 0.29) is 5.75 Å². The lowest BCUT2D eigenvalue weighted by Crippen LogP contribution is -2.23. The smallest absolute Gasteiger partial charge is 0.227 e. The lowest BCUT2D eigenvalue weighted by Gasteiger charge is -2.22. The predicted molar refractivity (Wildman–Crippen MR) is 123 cm³/mol. The topological polar surface area (TPSA) is 75.3 Å². The largest absolute Gasteiger partial charge is 0.508 e. The number of aromatic nitrogens is 3. The van der Waals surface area contributed by atoms with Crippen LogP contribution in [0.3, 0.4) is 0 Å². The molecule has 0 radical (unpaired) electrons. The molecule has 0 aliphatic carbocycles. The number of fused-ring (bicyclic) bond motifs is 1. The van der Waals surface area contributed by atoms with Gasteiger partial charge in [0.25, 0.3) is 0 Å². The van der Waals surface area contributed by atoms with Crippen molar-refractivity contribution in [3.8, 4) is 17.2 Å². The van der Waals surface area contributed by atoms with Gasteiger partial charge in [-0.15, -0.1) is 0 Å². The number of hydrogen-bond acceptors (Lipinski definition) is 6. The van der Waals surface area contributed by atoms with Crippen molar-refractivity contribution >= 4 is 11.1 Å². The van der Waals surface area contributed by atoms with Gasteiger partial charge in [0.15, 0.2) is 5.58 Å². The first-order valence-corrected chi connectivity index (χ1v) is 10.4. The average molecular weight is 422 g/mol. The second-order valence-corrected chi connectivity index (χ2v) is 7.62. The first-order valence-electron chi connectivity index (χ1n) is 10.4. The number of phenols is 1. The Morgan fingerprint density at radius 3 is 2.03 bits per heavy atom. The average Bonchev–Trinajstić information content (AvgIpc) is 3.26. The minimum Gasteiger partial charge on any atom is -0.508 e. The van der Waals surface area contributed by atoms with Crippen molar-refractivity contribution in [3.05, 3.63) is 108 Å². The summed E-state index contributed by atoms with van der Waals surface area (Å²) < 4.78 is 6.02. The third kappa shape index (κ3) is 4.50. The lowest BCUT2D eigenvalue weighted by atomic mass is 10.1. The lowest BCUT2D eigenvalue weighted by molar-refractivity contribution is 0.242. The Kier molecular flexibility index (Phi) is 5.59. The molecule has 1 N–H and O–H groups in total. The number of aromatic hydroxyl groups is 1. The van der Waals surface area contributed by atoms with Crippen molar-refractivity contribution in [3.63, 3.8) is 0 Å². The highest BCUT2D eigenvalue weighted by molar-refractivity contribution is 5.79. The van der Waals surface area contributed by atoms with Crippen LogP contribution in [0.4, 0.5) is 0 Å².